The maximum Gasteiger partial charge on any atom is 0.354 e. The van der Waals surface area contributed by atoms with Crippen LogP contribution in [0, 0.1) is 0 Å². The molecule has 1 heterocycles. The third kappa shape index (κ3) is 3.70. The lowest BCUT2D eigenvalue weighted by molar-refractivity contribution is 0.0501. The number of hydrogen-bond acceptors (Lipinski definition) is 3. The first-order chi connectivity index (χ1) is 7.65. The zero-order chi connectivity index (χ0) is 12.0. The third-order valence-corrected chi connectivity index (χ3v) is 2.10. The molecule has 0 aliphatic carbocycles. The molecule has 0 saturated carbocycles. The molecule has 0 aromatic carbocycles. The quantitative estimate of drug-likeness (QED) is 0.696. The Labute approximate surface area is 96.2 Å². The van der Waals surface area contributed by atoms with E-state index in [0.717, 1.165) is 0 Å². The molecule has 0 unspecified atom stereocenters. The summed E-state index contributed by atoms with van der Waals surface area (Å²) in [5.41, 5.74) is 0.578. The monoisotopic (exact) mass is 225 g/mol. The van der Waals surface area contributed by atoms with Crippen LogP contribution in [-0.4, -0.2) is 29.9 Å². The summed E-state index contributed by atoms with van der Waals surface area (Å²) in [7, 11) is 0. The molecule has 1 aromatic rings. The van der Waals surface area contributed by atoms with Crippen molar-refractivity contribution >= 4 is 5.97 Å². The van der Waals surface area contributed by atoms with Crippen molar-refractivity contribution in [1.82, 2.24) is 4.57 Å². The number of rotatable bonds is 6. The molecular formula is C12H19NO3. The van der Waals surface area contributed by atoms with Gasteiger partial charge in [0.05, 0.1) is 19.3 Å². The lowest BCUT2D eigenvalue weighted by Gasteiger charge is -2.10. The molecule has 0 spiro atoms. The van der Waals surface area contributed by atoms with E-state index in [2.05, 4.69) is 0 Å². The van der Waals surface area contributed by atoms with Crippen molar-refractivity contribution in [2.75, 3.05) is 13.2 Å². The Morgan fingerprint density at radius 1 is 1.50 bits per heavy atom. The number of nitrogens with zero attached hydrogens (tertiary/aromatic N) is 1. The SMILES string of the molecule is CCOC(=O)c1cccn1CCOC(C)C. The highest BCUT2D eigenvalue weighted by Gasteiger charge is 2.11. The van der Waals surface area contributed by atoms with E-state index in [4.69, 9.17) is 9.47 Å². The van der Waals surface area contributed by atoms with E-state index in [-0.39, 0.29) is 12.1 Å². The highest BCUT2D eigenvalue weighted by Crippen LogP contribution is 2.05. The predicted octanol–water partition coefficient (Wildman–Crippen LogP) is 2.09. The maximum atomic E-state index is 11.5. The van der Waals surface area contributed by atoms with Crippen LogP contribution < -0.4 is 0 Å². The highest BCUT2D eigenvalue weighted by atomic mass is 16.5. The second-order valence-corrected chi connectivity index (χ2v) is 3.73. The normalized spacial score (nSPS) is 10.8. The van der Waals surface area contributed by atoms with Crippen LogP contribution in [0.25, 0.3) is 0 Å². The van der Waals surface area contributed by atoms with E-state index in [1.807, 2.05) is 30.7 Å². The van der Waals surface area contributed by atoms with Crippen LogP contribution in [0.3, 0.4) is 0 Å². The number of carbonyl (C=O) groups is 1. The van der Waals surface area contributed by atoms with E-state index in [1.54, 1.807) is 13.0 Å². The summed E-state index contributed by atoms with van der Waals surface area (Å²) < 4.78 is 12.2. The predicted molar refractivity (Wildman–Crippen MR) is 61.5 cm³/mol. The molecule has 4 heteroatoms. The average Bonchev–Trinajstić information content (AvgIpc) is 2.66. The molecular weight excluding hydrogens is 206 g/mol. The number of carbonyl (C=O) groups excluding carboxylic acids is 1. The Morgan fingerprint density at radius 2 is 2.25 bits per heavy atom. The minimum Gasteiger partial charge on any atom is -0.461 e. The molecule has 0 aliphatic heterocycles. The van der Waals surface area contributed by atoms with Crippen LogP contribution in [0.4, 0.5) is 0 Å². The summed E-state index contributed by atoms with van der Waals surface area (Å²) >= 11 is 0. The Hall–Kier alpha value is -1.29. The van der Waals surface area contributed by atoms with Gasteiger partial charge in [-0.05, 0) is 32.9 Å². The molecule has 0 radical (unpaired) electrons. The first kappa shape index (κ1) is 12.8. The highest BCUT2D eigenvalue weighted by molar-refractivity contribution is 5.87. The van der Waals surface area contributed by atoms with E-state index in [9.17, 15) is 4.79 Å². The van der Waals surface area contributed by atoms with Gasteiger partial charge in [0.25, 0.3) is 0 Å². The van der Waals surface area contributed by atoms with Gasteiger partial charge in [0.2, 0.25) is 0 Å². The largest absolute Gasteiger partial charge is 0.461 e. The molecule has 0 fully saturated rings. The third-order valence-electron chi connectivity index (χ3n) is 2.10. The van der Waals surface area contributed by atoms with E-state index < -0.39 is 0 Å². The van der Waals surface area contributed by atoms with Gasteiger partial charge in [0.1, 0.15) is 5.69 Å². The number of esters is 1. The van der Waals surface area contributed by atoms with Crippen LogP contribution in [0.15, 0.2) is 18.3 Å². The van der Waals surface area contributed by atoms with Crippen molar-refractivity contribution in [3.8, 4) is 0 Å². The van der Waals surface area contributed by atoms with Gasteiger partial charge in [-0.25, -0.2) is 4.79 Å². The number of aromatic nitrogens is 1. The topological polar surface area (TPSA) is 40.5 Å². The van der Waals surface area contributed by atoms with Gasteiger partial charge in [-0.1, -0.05) is 0 Å². The van der Waals surface area contributed by atoms with Gasteiger partial charge >= 0.3 is 5.97 Å². The van der Waals surface area contributed by atoms with E-state index in [0.29, 0.717) is 25.5 Å². The van der Waals surface area contributed by atoms with Crippen LogP contribution >= 0.6 is 0 Å². The van der Waals surface area contributed by atoms with Crippen molar-refractivity contribution in [1.29, 1.82) is 0 Å². The molecule has 0 aliphatic rings. The minimum atomic E-state index is -0.281. The lowest BCUT2D eigenvalue weighted by Crippen LogP contribution is -2.15. The van der Waals surface area contributed by atoms with Crippen molar-refractivity contribution < 1.29 is 14.3 Å². The van der Waals surface area contributed by atoms with Gasteiger partial charge < -0.3 is 14.0 Å². The van der Waals surface area contributed by atoms with Crippen LogP contribution in [0.1, 0.15) is 31.3 Å². The summed E-state index contributed by atoms with van der Waals surface area (Å²) in [5, 5.41) is 0. The fourth-order valence-electron chi connectivity index (χ4n) is 1.39. The molecule has 0 atom stereocenters. The molecule has 0 N–H and O–H groups in total. The van der Waals surface area contributed by atoms with Crippen molar-refractivity contribution in [2.24, 2.45) is 0 Å². The van der Waals surface area contributed by atoms with Crippen LogP contribution in [-0.2, 0) is 16.0 Å². The maximum absolute atomic E-state index is 11.5. The Morgan fingerprint density at radius 3 is 2.88 bits per heavy atom. The summed E-state index contributed by atoms with van der Waals surface area (Å²) in [5.74, 6) is -0.281. The fourth-order valence-corrected chi connectivity index (χ4v) is 1.39. The number of ether oxygens (including phenoxy) is 2. The second kappa shape index (κ2) is 6.33. The van der Waals surface area contributed by atoms with Crippen molar-refractivity contribution in [3.05, 3.63) is 24.0 Å². The summed E-state index contributed by atoms with van der Waals surface area (Å²) in [6.07, 6.45) is 2.07. The second-order valence-electron chi connectivity index (χ2n) is 3.73. The van der Waals surface area contributed by atoms with Crippen molar-refractivity contribution in [3.63, 3.8) is 0 Å². The fraction of sp³-hybridized carbons (Fsp3) is 0.583. The van der Waals surface area contributed by atoms with Crippen LogP contribution in [0.5, 0.6) is 0 Å². The summed E-state index contributed by atoms with van der Waals surface area (Å²) in [6.45, 7) is 7.43. The molecule has 90 valence electrons. The Balaban J connectivity index is 2.53. The average molecular weight is 225 g/mol. The molecule has 16 heavy (non-hydrogen) atoms. The number of hydrogen-bond donors (Lipinski definition) is 0. The molecule has 0 saturated heterocycles. The standard InChI is InChI=1S/C12H19NO3/c1-4-15-12(14)11-6-5-7-13(11)8-9-16-10(2)3/h5-7,10H,4,8-9H2,1-3H3. The molecule has 0 bridgehead atoms. The molecule has 1 aromatic heterocycles. The first-order valence-electron chi connectivity index (χ1n) is 5.59. The van der Waals surface area contributed by atoms with Gasteiger partial charge in [0.15, 0.2) is 0 Å². The van der Waals surface area contributed by atoms with E-state index in [1.165, 1.54) is 0 Å². The van der Waals surface area contributed by atoms with Gasteiger partial charge in [0, 0.05) is 12.7 Å². The molecule has 1 rings (SSSR count). The Bertz CT molecular complexity index is 331. The van der Waals surface area contributed by atoms with Gasteiger partial charge in [-0.2, -0.15) is 0 Å². The molecule has 0 amide bonds. The van der Waals surface area contributed by atoms with Gasteiger partial charge in [-0.3, -0.25) is 0 Å². The minimum absolute atomic E-state index is 0.210. The smallest absolute Gasteiger partial charge is 0.354 e. The van der Waals surface area contributed by atoms with E-state index >= 15 is 0 Å². The zero-order valence-electron chi connectivity index (χ0n) is 10.1. The summed E-state index contributed by atoms with van der Waals surface area (Å²) in [6, 6.07) is 3.59. The van der Waals surface area contributed by atoms with Crippen LogP contribution in [0.2, 0.25) is 0 Å². The first-order valence-corrected chi connectivity index (χ1v) is 5.59. The molecule has 4 nitrogen and oxygen atoms in total. The van der Waals surface area contributed by atoms with Crippen molar-refractivity contribution in [2.45, 2.75) is 33.4 Å². The zero-order valence-corrected chi connectivity index (χ0v) is 10.1. The van der Waals surface area contributed by atoms with Gasteiger partial charge in [-0.15, -0.1) is 0 Å². The lowest BCUT2D eigenvalue weighted by atomic mass is 10.4. The summed E-state index contributed by atoms with van der Waals surface area (Å²) in [4.78, 5) is 11.5. The Kier molecular flexibility index (Phi) is 5.05.